The van der Waals surface area contributed by atoms with Gasteiger partial charge >= 0.3 is 0 Å². The van der Waals surface area contributed by atoms with Crippen molar-refractivity contribution in [2.45, 2.75) is 37.5 Å². The summed E-state index contributed by atoms with van der Waals surface area (Å²) in [5.74, 6) is 2.34. The minimum atomic E-state index is 0.406. The third kappa shape index (κ3) is 2.32. The maximum atomic E-state index is 6.11. The van der Waals surface area contributed by atoms with Crippen LogP contribution in [-0.2, 0) is 0 Å². The molecular formula is C14H20N4OS. The molecule has 0 amide bonds. The summed E-state index contributed by atoms with van der Waals surface area (Å²) in [6.07, 6.45) is 3.53. The molecule has 2 aromatic rings. The third-order valence-electron chi connectivity index (χ3n) is 3.87. The van der Waals surface area contributed by atoms with Crippen LogP contribution in [0.15, 0.2) is 12.1 Å². The van der Waals surface area contributed by atoms with Crippen LogP contribution in [0.3, 0.4) is 0 Å². The number of pyridine rings is 1. The number of imidazole rings is 1. The normalized spacial score (nSPS) is 22.5. The molecule has 0 spiro atoms. The van der Waals surface area contributed by atoms with Crippen molar-refractivity contribution in [1.29, 1.82) is 0 Å². The van der Waals surface area contributed by atoms with E-state index in [1.165, 1.54) is 12.2 Å². The lowest BCUT2D eigenvalue weighted by Crippen LogP contribution is -2.10. The van der Waals surface area contributed by atoms with E-state index >= 15 is 0 Å². The summed E-state index contributed by atoms with van der Waals surface area (Å²) in [5.41, 5.74) is 7.79. The van der Waals surface area contributed by atoms with E-state index in [-0.39, 0.29) is 0 Å². The Morgan fingerprint density at radius 1 is 1.40 bits per heavy atom. The van der Waals surface area contributed by atoms with Crippen molar-refractivity contribution in [2.24, 2.45) is 0 Å². The zero-order valence-electron chi connectivity index (χ0n) is 11.9. The largest absolute Gasteiger partial charge is 0.481 e. The summed E-state index contributed by atoms with van der Waals surface area (Å²) in [5, 5.41) is 0.729. The molecule has 0 aliphatic heterocycles. The topological polar surface area (TPSA) is 66.0 Å². The summed E-state index contributed by atoms with van der Waals surface area (Å²) in [7, 11) is 1.63. The molecule has 20 heavy (non-hydrogen) atoms. The molecule has 2 atom stereocenters. The number of ether oxygens (including phenoxy) is 1. The second kappa shape index (κ2) is 5.52. The molecule has 2 heterocycles. The van der Waals surface area contributed by atoms with Gasteiger partial charge < -0.3 is 10.5 Å². The Hall–Kier alpha value is -1.43. The molecule has 5 nitrogen and oxygen atoms in total. The van der Waals surface area contributed by atoms with E-state index < -0.39 is 0 Å². The molecule has 2 N–H and O–H groups in total. The minimum absolute atomic E-state index is 0.406. The molecule has 108 valence electrons. The zero-order chi connectivity index (χ0) is 14.1. The van der Waals surface area contributed by atoms with E-state index in [2.05, 4.69) is 21.5 Å². The van der Waals surface area contributed by atoms with E-state index in [0.29, 0.717) is 17.9 Å². The molecule has 2 aromatic heterocycles. The van der Waals surface area contributed by atoms with Crippen LogP contribution in [-0.4, -0.2) is 32.6 Å². The predicted molar refractivity (Wildman–Crippen MR) is 83.3 cm³/mol. The molecular weight excluding hydrogens is 272 g/mol. The number of anilines is 1. The number of nitrogen functional groups attached to an aromatic ring is 1. The van der Waals surface area contributed by atoms with Gasteiger partial charge in [-0.15, -0.1) is 0 Å². The second-order valence-electron chi connectivity index (χ2n) is 5.08. The summed E-state index contributed by atoms with van der Waals surface area (Å²) < 4.78 is 7.30. The van der Waals surface area contributed by atoms with Crippen molar-refractivity contribution in [2.75, 3.05) is 18.6 Å². The highest BCUT2D eigenvalue weighted by Gasteiger charge is 2.28. The molecule has 1 saturated carbocycles. The number of thioether (sulfide) groups is 1. The highest BCUT2D eigenvalue weighted by Crippen LogP contribution is 2.39. The first-order chi connectivity index (χ1) is 9.72. The number of nitrogens with zero attached hydrogens (tertiary/aromatic N) is 3. The van der Waals surface area contributed by atoms with Crippen LogP contribution < -0.4 is 10.5 Å². The number of rotatable bonds is 4. The van der Waals surface area contributed by atoms with E-state index in [1.807, 2.05) is 23.9 Å². The molecule has 0 bridgehead atoms. The van der Waals surface area contributed by atoms with Crippen LogP contribution in [0.25, 0.3) is 11.2 Å². The first kappa shape index (κ1) is 13.5. The highest BCUT2D eigenvalue weighted by molar-refractivity contribution is 7.99. The molecule has 2 unspecified atom stereocenters. The van der Waals surface area contributed by atoms with Gasteiger partial charge in [0.25, 0.3) is 0 Å². The lowest BCUT2D eigenvalue weighted by atomic mass is 10.2. The van der Waals surface area contributed by atoms with Gasteiger partial charge in [0.05, 0.1) is 7.11 Å². The molecule has 1 fully saturated rings. The molecule has 1 aliphatic rings. The van der Waals surface area contributed by atoms with Gasteiger partial charge in [0.2, 0.25) is 11.8 Å². The van der Waals surface area contributed by atoms with Crippen LogP contribution in [0, 0.1) is 0 Å². The van der Waals surface area contributed by atoms with Crippen molar-refractivity contribution in [3.05, 3.63) is 12.1 Å². The van der Waals surface area contributed by atoms with Gasteiger partial charge in [0.15, 0.2) is 5.65 Å². The Kier molecular flexibility index (Phi) is 3.74. The lowest BCUT2D eigenvalue weighted by Gasteiger charge is -2.14. The van der Waals surface area contributed by atoms with E-state index in [1.54, 1.807) is 7.11 Å². The van der Waals surface area contributed by atoms with Gasteiger partial charge in [0, 0.05) is 17.4 Å². The Morgan fingerprint density at radius 2 is 2.25 bits per heavy atom. The summed E-state index contributed by atoms with van der Waals surface area (Å²) in [6.45, 7) is 2.21. The summed E-state index contributed by atoms with van der Waals surface area (Å²) in [6, 6.07) is 4.15. The van der Waals surface area contributed by atoms with E-state index in [4.69, 9.17) is 10.5 Å². The predicted octanol–water partition coefficient (Wildman–Crippen LogP) is 2.87. The molecule has 1 aliphatic carbocycles. The Bertz CT molecular complexity index is 612. The Labute approximate surface area is 122 Å². The van der Waals surface area contributed by atoms with Gasteiger partial charge in [-0.1, -0.05) is 6.92 Å². The Balaban J connectivity index is 1.96. The van der Waals surface area contributed by atoms with Crippen molar-refractivity contribution in [3.8, 4) is 5.88 Å². The smallest absolute Gasteiger partial charge is 0.215 e. The number of hydrogen-bond donors (Lipinski definition) is 1. The number of hydrogen-bond acceptors (Lipinski definition) is 5. The summed E-state index contributed by atoms with van der Waals surface area (Å²) >= 11 is 2.04. The Morgan fingerprint density at radius 3 is 3.00 bits per heavy atom. The molecule has 0 aromatic carbocycles. The molecule has 0 saturated heterocycles. The molecule has 3 rings (SSSR count). The number of aromatic nitrogens is 3. The van der Waals surface area contributed by atoms with Crippen molar-refractivity contribution < 1.29 is 4.74 Å². The van der Waals surface area contributed by atoms with Gasteiger partial charge in [-0.3, -0.25) is 4.57 Å². The van der Waals surface area contributed by atoms with Gasteiger partial charge in [0.1, 0.15) is 5.52 Å². The van der Waals surface area contributed by atoms with Crippen LogP contribution >= 0.6 is 11.8 Å². The maximum absolute atomic E-state index is 6.11. The first-order valence-electron chi connectivity index (χ1n) is 7.03. The zero-order valence-corrected chi connectivity index (χ0v) is 12.7. The quantitative estimate of drug-likeness (QED) is 0.938. The molecule has 0 radical (unpaired) electrons. The summed E-state index contributed by atoms with van der Waals surface area (Å²) in [4.78, 5) is 8.94. The van der Waals surface area contributed by atoms with E-state index in [9.17, 15) is 0 Å². The van der Waals surface area contributed by atoms with Crippen LogP contribution in [0.1, 0.15) is 32.2 Å². The minimum Gasteiger partial charge on any atom is -0.481 e. The number of nitrogens with two attached hydrogens (primary N) is 1. The van der Waals surface area contributed by atoms with Crippen LogP contribution in [0.2, 0.25) is 0 Å². The van der Waals surface area contributed by atoms with Crippen molar-refractivity contribution >= 4 is 28.9 Å². The lowest BCUT2D eigenvalue weighted by molar-refractivity contribution is 0.398. The van der Waals surface area contributed by atoms with Gasteiger partial charge in [-0.25, -0.2) is 4.98 Å². The van der Waals surface area contributed by atoms with Gasteiger partial charge in [-0.05, 0) is 31.1 Å². The maximum Gasteiger partial charge on any atom is 0.215 e. The number of fused-ring (bicyclic) bond motifs is 1. The number of methoxy groups -OCH3 is 1. The second-order valence-corrected chi connectivity index (χ2v) is 6.66. The SMILES string of the molecule is CCSC1CCC(n2c(N)nc3ccc(OC)nc32)C1. The van der Waals surface area contributed by atoms with Crippen molar-refractivity contribution in [1.82, 2.24) is 14.5 Å². The fourth-order valence-corrected chi connectivity index (χ4v) is 4.12. The van der Waals surface area contributed by atoms with Crippen LogP contribution in [0.4, 0.5) is 5.95 Å². The molecule has 6 heteroatoms. The van der Waals surface area contributed by atoms with E-state index in [0.717, 1.165) is 29.3 Å². The fourth-order valence-electron chi connectivity index (χ4n) is 2.99. The van der Waals surface area contributed by atoms with Crippen LogP contribution in [0.5, 0.6) is 5.88 Å². The average Bonchev–Trinajstić information content (AvgIpc) is 3.01. The fraction of sp³-hybridized carbons (Fsp3) is 0.571. The average molecular weight is 292 g/mol. The monoisotopic (exact) mass is 292 g/mol. The third-order valence-corrected chi connectivity index (χ3v) is 5.11. The first-order valence-corrected chi connectivity index (χ1v) is 8.07. The standard InChI is InChI=1S/C14H20N4OS/c1-3-20-10-5-4-9(8-10)18-13-11(16-14(18)15)6-7-12(17-13)19-2/h6-7,9-10H,3-5,8H2,1-2H3,(H2,15,16). The van der Waals surface area contributed by atoms with Gasteiger partial charge in [-0.2, -0.15) is 16.7 Å². The van der Waals surface area contributed by atoms with Crippen molar-refractivity contribution in [3.63, 3.8) is 0 Å². The highest BCUT2D eigenvalue weighted by atomic mass is 32.2.